The Morgan fingerprint density at radius 3 is 2.92 bits per heavy atom. The number of aromatic nitrogens is 3. The number of aryl methyl sites for hydroxylation is 3. The van der Waals surface area contributed by atoms with Crippen LogP contribution in [0.5, 0.6) is 0 Å². The summed E-state index contributed by atoms with van der Waals surface area (Å²) in [6.45, 7) is 7.66. The lowest BCUT2D eigenvalue weighted by Gasteiger charge is -2.11. The van der Waals surface area contributed by atoms with Crippen LogP contribution in [0.15, 0.2) is 28.8 Å². The summed E-state index contributed by atoms with van der Waals surface area (Å²) >= 11 is 1.76. The molecule has 2 aromatic heterocycles. The molecule has 0 aromatic carbocycles. The summed E-state index contributed by atoms with van der Waals surface area (Å²) in [6.07, 6.45) is 8.12. The van der Waals surface area contributed by atoms with Gasteiger partial charge in [-0.25, -0.2) is 4.98 Å². The lowest BCUT2D eigenvalue weighted by molar-refractivity contribution is 0.583. The van der Waals surface area contributed by atoms with Crippen LogP contribution < -0.4 is 10.6 Å². The van der Waals surface area contributed by atoms with E-state index in [1.54, 1.807) is 11.3 Å². The molecule has 24 heavy (non-hydrogen) atoms. The second kappa shape index (κ2) is 10.8. The minimum absolute atomic E-state index is 0.799. The minimum atomic E-state index is 0.799. The Morgan fingerprint density at radius 1 is 1.29 bits per heavy atom. The lowest BCUT2D eigenvalue weighted by atomic mass is 10.2. The molecule has 0 amide bonds. The Morgan fingerprint density at radius 2 is 2.21 bits per heavy atom. The highest BCUT2D eigenvalue weighted by atomic mass is 32.1. The van der Waals surface area contributed by atoms with Crippen molar-refractivity contribution in [2.24, 2.45) is 4.99 Å². The van der Waals surface area contributed by atoms with E-state index < -0.39 is 0 Å². The highest BCUT2D eigenvalue weighted by Gasteiger charge is 2.00. The normalized spacial score (nSPS) is 11.7. The third-order valence-corrected chi connectivity index (χ3v) is 4.52. The van der Waals surface area contributed by atoms with Crippen LogP contribution in [0.3, 0.4) is 0 Å². The van der Waals surface area contributed by atoms with E-state index in [0.29, 0.717) is 0 Å². The Balaban J connectivity index is 1.59. The van der Waals surface area contributed by atoms with Crippen LogP contribution in [-0.4, -0.2) is 40.4 Å². The summed E-state index contributed by atoms with van der Waals surface area (Å²) in [5, 5.41) is 14.3. The molecule has 132 valence electrons. The first-order valence-electron chi connectivity index (χ1n) is 8.68. The molecule has 0 saturated carbocycles. The van der Waals surface area contributed by atoms with E-state index in [2.05, 4.69) is 38.0 Å². The zero-order valence-electron chi connectivity index (χ0n) is 14.7. The molecule has 2 rings (SSSR count). The van der Waals surface area contributed by atoms with E-state index in [1.165, 1.54) is 5.01 Å². The number of hydrogen-bond acceptors (Lipinski definition) is 4. The summed E-state index contributed by atoms with van der Waals surface area (Å²) in [7, 11) is 0. The fourth-order valence-electron chi connectivity index (χ4n) is 2.32. The molecule has 6 nitrogen and oxygen atoms in total. The predicted octanol–water partition coefficient (Wildman–Crippen LogP) is 2.62. The molecule has 0 aliphatic heterocycles. The number of nitrogens with zero attached hydrogens (tertiary/aromatic N) is 4. The first-order chi connectivity index (χ1) is 11.8. The standard InChI is InChI=1S/C17H28N6S/c1-3-18-17(20-10-6-12-23-13-7-11-21-23)19-9-5-4-8-16-22-15(2)14-24-16/h7,11,13-14H,3-6,8-10,12H2,1-2H3,(H2,18,19,20). The summed E-state index contributed by atoms with van der Waals surface area (Å²) in [4.78, 5) is 9.11. The first-order valence-corrected chi connectivity index (χ1v) is 9.56. The molecular formula is C17H28N6S. The zero-order valence-corrected chi connectivity index (χ0v) is 15.5. The van der Waals surface area contributed by atoms with Gasteiger partial charge in [-0.1, -0.05) is 0 Å². The fraction of sp³-hybridized carbons (Fsp3) is 0.588. The van der Waals surface area contributed by atoms with E-state index in [9.17, 15) is 0 Å². The third kappa shape index (κ3) is 7.12. The van der Waals surface area contributed by atoms with Gasteiger partial charge in [-0.3, -0.25) is 9.67 Å². The Kier molecular flexibility index (Phi) is 8.31. The summed E-state index contributed by atoms with van der Waals surface area (Å²) < 4.78 is 1.94. The maximum atomic E-state index is 4.62. The van der Waals surface area contributed by atoms with Crippen molar-refractivity contribution in [3.63, 3.8) is 0 Å². The number of hydrogen-bond donors (Lipinski definition) is 2. The summed E-state index contributed by atoms with van der Waals surface area (Å²) in [5.41, 5.74) is 1.13. The molecule has 0 aliphatic carbocycles. The number of unbranched alkanes of at least 4 members (excludes halogenated alkanes) is 1. The predicted molar refractivity (Wildman–Crippen MR) is 101 cm³/mol. The SMILES string of the molecule is CCNC(=NCCCn1cccn1)NCCCCc1nc(C)cs1. The summed E-state index contributed by atoms with van der Waals surface area (Å²) in [6, 6.07) is 1.95. The maximum Gasteiger partial charge on any atom is 0.191 e. The van der Waals surface area contributed by atoms with Gasteiger partial charge < -0.3 is 10.6 Å². The van der Waals surface area contributed by atoms with Gasteiger partial charge >= 0.3 is 0 Å². The van der Waals surface area contributed by atoms with Crippen molar-refractivity contribution in [1.29, 1.82) is 0 Å². The van der Waals surface area contributed by atoms with Gasteiger partial charge in [0.25, 0.3) is 0 Å². The average Bonchev–Trinajstić information content (AvgIpc) is 3.22. The Bertz CT molecular complexity index is 590. The largest absolute Gasteiger partial charge is 0.357 e. The van der Waals surface area contributed by atoms with Crippen LogP contribution in [0.2, 0.25) is 0 Å². The zero-order chi connectivity index (χ0) is 17.0. The second-order valence-electron chi connectivity index (χ2n) is 5.65. The number of thiazole rings is 1. The van der Waals surface area contributed by atoms with Gasteiger partial charge in [0.1, 0.15) is 0 Å². The Labute approximate surface area is 148 Å². The van der Waals surface area contributed by atoms with Crippen LogP contribution >= 0.6 is 11.3 Å². The molecule has 2 heterocycles. The highest BCUT2D eigenvalue weighted by molar-refractivity contribution is 7.09. The molecule has 0 unspecified atom stereocenters. The van der Waals surface area contributed by atoms with Crippen molar-refractivity contribution in [2.45, 2.75) is 46.1 Å². The first kappa shape index (κ1) is 18.4. The molecule has 0 radical (unpaired) electrons. The van der Waals surface area contributed by atoms with Crippen LogP contribution in [0.25, 0.3) is 0 Å². The average molecular weight is 349 g/mol. The minimum Gasteiger partial charge on any atom is -0.357 e. The molecule has 0 spiro atoms. The van der Waals surface area contributed by atoms with Crippen molar-refractivity contribution in [2.75, 3.05) is 19.6 Å². The molecule has 2 aromatic rings. The van der Waals surface area contributed by atoms with Gasteiger partial charge in [0.2, 0.25) is 0 Å². The van der Waals surface area contributed by atoms with E-state index in [-0.39, 0.29) is 0 Å². The van der Waals surface area contributed by atoms with Crippen molar-refractivity contribution in [3.05, 3.63) is 34.5 Å². The Hall–Kier alpha value is -1.89. The number of rotatable bonds is 10. The van der Waals surface area contributed by atoms with Crippen molar-refractivity contribution >= 4 is 17.3 Å². The van der Waals surface area contributed by atoms with Crippen LogP contribution in [0.1, 0.15) is 36.9 Å². The van der Waals surface area contributed by atoms with Gasteiger partial charge in [0.05, 0.1) is 5.01 Å². The van der Waals surface area contributed by atoms with Crippen molar-refractivity contribution in [1.82, 2.24) is 25.4 Å². The quantitative estimate of drug-likeness (QED) is 0.393. The number of aliphatic imine (C=N–C) groups is 1. The van der Waals surface area contributed by atoms with Crippen molar-refractivity contribution in [3.8, 4) is 0 Å². The highest BCUT2D eigenvalue weighted by Crippen LogP contribution is 2.11. The van der Waals surface area contributed by atoms with Gasteiger partial charge in [0, 0.05) is 49.6 Å². The van der Waals surface area contributed by atoms with Crippen LogP contribution in [0.4, 0.5) is 0 Å². The third-order valence-electron chi connectivity index (χ3n) is 3.50. The van der Waals surface area contributed by atoms with Gasteiger partial charge in [-0.2, -0.15) is 5.10 Å². The maximum absolute atomic E-state index is 4.62. The van der Waals surface area contributed by atoms with E-state index >= 15 is 0 Å². The smallest absolute Gasteiger partial charge is 0.191 e. The second-order valence-corrected chi connectivity index (χ2v) is 6.59. The topological polar surface area (TPSA) is 67.1 Å². The molecule has 0 saturated heterocycles. The van der Waals surface area contributed by atoms with Crippen molar-refractivity contribution < 1.29 is 0 Å². The van der Waals surface area contributed by atoms with Crippen LogP contribution in [0, 0.1) is 6.92 Å². The van der Waals surface area contributed by atoms with Gasteiger partial charge in [-0.15, -0.1) is 11.3 Å². The molecule has 0 bridgehead atoms. The van der Waals surface area contributed by atoms with E-state index in [0.717, 1.165) is 63.5 Å². The molecule has 0 aliphatic rings. The molecule has 2 N–H and O–H groups in total. The van der Waals surface area contributed by atoms with Gasteiger partial charge in [0.15, 0.2) is 5.96 Å². The lowest BCUT2D eigenvalue weighted by Crippen LogP contribution is -2.37. The van der Waals surface area contributed by atoms with Crippen LogP contribution in [-0.2, 0) is 13.0 Å². The molecule has 0 fully saturated rings. The molecular weight excluding hydrogens is 320 g/mol. The summed E-state index contributed by atoms with van der Waals surface area (Å²) in [5.74, 6) is 0.906. The monoisotopic (exact) mass is 348 g/mol. The van der Waals surface area contributed by atoms with Gasteiger partial charge in [-0.05, 0) is 45.6 Å². The molecule has 7 heteroatoms. The molecule has 0 atom stereocenters. The van der Waals surface area contributed by atoms with E-state index in [1.807, 2.05) is 30.1 Å². The van der Waals surface area contributed by atoms with E-state index in [4.69, 9.17) is 0 Å². The fourth-order valence-corrected chi connectivity index (χ4v) is 3.14. The number of nitrogens with one attached hydrogen (secondary N) is 2. The number of guanidine groups is 1.